The highest BCUT2D eigenvalue weighted by Gasteiger charge is 2.27. The van der Waals surface area contributed by atoms with Crippen molar-refractivity contribution >= 4 is 17.4 Å². The first-order valence-electron chi connectivity index (χ1n) is 10.1. The summed E-state index contributed by atoms with van der Waals surface area (Å²) in [4.78, 5) is 17.3. The van der Waals surface area contributed by atoms with Crippen LogP contribution in [0.1, 0.15) is 41.4 Å². The molecule has 0 aliphatic rings. The zero-order valence-electron chi connectivity index (χ0n) is 18.4. The second kappa shape index (κ2) is 9.67. The molecule has 0 spiro atoms. The molecule has 0 saturated carbocycles. The fourth-order valence-electron chi connectivity index (χ4n) is 3.38. The summed E-state index contributed by atoms with van der Waals surface area (Å²) in [5.41, 5.74) is 1.41. The number of hydrogen-bond acceptors (Lipinski definition) is 5. The number of aromatic nitrogens is 1. The van der Waals surface area contributed by atoms with Crippen LogP contribution in [0.3, 0.4) is 0 Å². The zero-order chi connectivity index (χ0) is 23.5. The first kappa shape index (κ1) is 23.7. The summed E-state index contributed by atoms with van der Waals surface area (Å²) in [6.45, 7) is 3.51. The van der Waals surface area contributed by atoms with E-state index in [1.54, 1.807) is 44.4 Å². The van der Waals surface area contributed by atoms with Crippen molar-refractivity contribution in [1.82, 2.24) is 4.98 Å². The molecule has 1 atom stereocenters. The third kappa shape index (κ3) is 5.09. The third-order valence-corrected chi connectivity index (χ3v) is 5.68. The Morgan fingerprint density at radius 3 is 2.47 bits per heavy atom. The second-order valence-corrected chi connectivity index (χ2v) is 8.16. The molecule has 0 amide bonds. The lowest BCUT2D eigenvalue weighted by atomic mass is 9.92. The number of Topliss-reactive ketones (excluding diaryl/α,β-unsaturated/α-hetero) is 1. The van der Waals surface area contributed by atoms with E-state index in [1.165, 1.54) is 19.2 Å². The fourth-order valence-corrected chi connectivity index (χ4v) is 3.56. The van der Waals surface area contributed by atoms with Gasteiger partial charge in [-0.1, -0.05) is 23.7 Å². The van der Waals surface area contributed by atoms with Gasteiger partial charge in [-0.15, -0.1) is 0 Å². The monoisotopic (exact) mass is 457 g/mol. The summed E-state index contributed by atoms with van der Waals surface area (Å²) in [5, 5.41) is 11.1. The molecule has 5 nitrogen and oxygen atoms in total. The fraction of sp³-hybridized carbons (Fsp3) is 0.280. The van der Waals surface area contributed by atoms with Crippen molar-refractivity contribution in [2.45, 2.75) is 32.3 Å². The van der Waals surface area contributed by atoms with Gasteiger partial charge < -0.3 is 14.6 Å². The van der Waals surface area contributed by atoms with E-state index in [-0.39, 0.29) is 23.6 Å². The number of nitrogens with zero attached hydrogens (tertiary/aromatic N) is 1. The van der Waals surface area contributed by atoms with Crippen molar-refractivity contribution in [3.63, 3.8) is 0 Å². The molecule has 1 aromatic heterocycles. The molecule has 0 saturated heterocycles. The van der Waals surface area contributed by atoms with Crippen molar-refractivity contribution < 1.29 is 23.8 Å². The Bertz CT molecular complexity index is 1150. The van der Waals surface area contributed by atoms with Crippen LogP contribution in [0.2, 0.25) is 5.02 Å². The first-order valence-corrected chi connectivity index (χ1v) is 10.4. The number of ketones is 1. The number of aliphatic hydroxyl groups is 1. The van der Waals surface area contributed by atoms with Gasteiger partial charge in [-0.25, -0.2) is 9.37 Å². The minimum absolute atomic E-state index is 0.0392. The van der Waals surface area contributed by atoms with E-state index in [0.717, 1.165) is 5.56 Å². The average Bonchev–Trinajstić information content (AvgIpc) is 2.79. The number of hydrogen-bond donors (Lipinski definition) is 1. The van der Waals surface area contributed by atoms with Crippen LogP contribution >= 0.6 is 11.6 Å². The van der Waals surface area contributed by atoms with Crippen LogP contribution in [0.15, 0.2) is 48.5 Å². The quantitative estimate of drug-likeness (QED) is 0.437. The van der Waals surface area contributed by atoms with Gasteiger partial charge in [0.2, 0.25) is 0 Å². The number of benzene rings is 2. The molecule has 1 unspecified atom stereocenters. The van der Waals surface area contributed by atoms with E-state index >= 15 is 0 Å². The minimum atomic E-state index is -1.38. The summed E-state index contributed by atoms with van der Waals surface area (Å²) in [5.74, 6) is 0.448. The Morgan fingerprint density at radius 1 is 1.09 bits per heavy atom. The van der Waals surface area contributed by atoms with Gasteiger partial charge in [0.25, 0.3) is 0 Å². The van der Waals surface area contributed by atoms with E-state index in [4.69, 9.17) is 21.1 Å². The third-order valence-electron chi connectivity index (χ3n) is 5.39. The molecule has 7 heteroatoms. The predicted molar refractivity (Wildman–Crippen MR) is 122 cm³/mol. The number of ether oxygens (including phenoxy) is 2. The summed E-state index contributed by atoms with van der Waals surface area (Å²) in [7, 11) is 3.06. The molecule has 2 aromatic carbocycles. The van der Waals surface area contributed by atoms with E-state index in [2.05, 4.69) is 4.98 Å². The van der Waals surface area contributed by atoms with Crippen LogP contribution in [-0.4, -0.2) is 30.1 Å². The number of carbonyl (C=O) groups excluding carboxylic acids is 1. The Morgan fingerprint density at radius 2 is 1.81 bits per heavy atom. The van der Waals surface area contributed by atoms with Crippen LogP contribution in [0, 0.1) is 12.7 Å². The number of halogens is 2. The smallest absolute Gasteiger partial charge is 0.163 e. The van der Waals surface area contributed by atoms with Gasteiger partial charge >= 0.3 is 0 Å². The summed E-state index contributed by atoms with van der Waals surface area (Å²) in [6.07, 6.45) is 0.273. The SMILES string of the molecule is COc1cc(C(=O)CCC(C)(O)c2ccc(OC)c(-c3ccc(F)c(Cl)c3)n2)ccc1C. The molecular formula is C25H25ClFNO4. The van der Waals surface area contributed by atoms with Crippen molar-refractivity contribution in [3.8, 4) is 22.8 Å². The predicted octanol–water partition coefficient (Wildman–Crippen LogP) is 5.74. The molecule has 3 rings (SSSR count). The van der Waals surface area contributed by atoms with Crippen molar-refractivity contribution in [2.75, 3.05) is 14.2 Å². The lowest BCUT2D eigenvalue weighted by molar-refractivity contribution is 0.0397. The molecule has 0 aliphatic carbocycles. The van der Waals surface area contributed by atoms with Gasteiger partial charge in [0.05, 0.1) is 24.9 Å². The summed E-state index contributed by atoms with van der Waals surface area (Å²) >= 11 is 5.92. The molecule has 0 fully saturated rings. The van der Waals surface area contributed by atoms with Crippen LogP contribution in [0.5, 0.6) is 11.5 Å². The van der Waals surface area contributed by atoms with Gasteiger partial charge in [-0.05, 0) is 62.2 Å². The highest BCUT2D eigenvalue weighted by atomic mass is 35.5. The van der Waals surface area contributed by atoms with Crippen LogP contribution in [0.4, 0.5) is 4.39 Å². The topological polar surface area (TPSA) is 68.7 Å². The first-order chi connectivity index (χ1) is 15.2. The maximum Gasteiger partial charge on any atom is 0.163 e. The van der Waals surface area contributed by atoms with Crippen molar-refractivity contribution in [3.05, 3.63) is 76.2 Å². The summed E-state index contributed by atoms with van der Waals surface area (Å²) < 4.78 is 24.3. The Hall–Kier alpha value is -2.96. The number of methoxy groups -OCH3 is 2. The van der Waals surface area contributed by atoms with Gasteiger partial charge in [0.15, 0.2) is 5.78 Å². The van der Waals surface area contributed by atoms with Crippen LogP contribution in [0.25, 0.3) is 11.3 Å². The highest BCUT2D eigenvalue weighted by Crippen LogP contribution is 2.34. The highest BCUT2D eigenvalue weighted by molar-refractivity contribution is 6.31. The normalized spacial score (nSPS) is 12.8. The van der Waals surface area contributed by atoms with Crippen LogP contribution < -0.4 is 9.47 Å². The minimum Gasteiger partial charge on any atom is -0.496 e. The van der Waals surface area contributed by atoms with Gasteiger partial charge in [0.1, 0.15) is 28.6 Å². The number of rotatable bonds is 8. The molecular weight excluding hydrogens is 433 g/mol. The Balaban J connectivity index is 1.84. The average molecular weight is 458 g/mol. The molecule has 0 bridgehead atoms. The zero-order valence-corrected chi connectivity index (χ0v) is 19.2. The molecule has 168 valence electrons. The molecule has 3 aromatic rings. The molecule has 32 heavy (non-hydrogen) atoms. The van der Waals surface area contributed by atoms with Gasteiger partial charge in [-0.2, -0.15) is 0 Å². The van der Waals surface area contributed by atoms with E-state index in [9.17, 15) is 14.3 Å². The number of pyridine rings is 1. The van der Waals surface area contributed by atoms with Crippen molar-refractivity contribution in [1.29, 1.82) is 0 Å². The second-order valence-electron chi connectivity index (χ2n) is 7.76. The van der Waals surface area contributed by atoms with Crippen molar-refractivity contribution in [2.24, 2.45) is 0 Å². The van der Waals surface area contributed by atoms with Gasteiger partial charge in [0, 0.05) is 17.5 Å². The lowest BCUT2D eigenvalue weighted by Crippen LogP contribution is -2.24. The Labute approximate surface area is 191 Å². The van der Waals surface area contributed by atoms with Gasteiger partial charge in [-0.3, -0.25) is 4.79 Å². The molecule has 0 aliphatic heterocycles. The maximum atomic E-state index is 13.6. The largest absolute Gasteiger partial charge is 0.496 e. The van der Waals surface area contributed by atoms with E-state index in [1.807, 2.05) is 13.0 Å². The maximum absolute atomic E-state index is 13.6. The number of aryl methyl sites for hydroxylation is 1. The molecule has 1 heterocycles. The lowest BCUT2D eigenvalue weighted by Gasteiger charge is -2.24. The van der Waals surface area contributed by atoms with E-state index in [0.29, 0.717) is 34.0 Å². The van der Waals surface area contributed by atoms with E-state index < -0.39 is 11.4 Å². The standard InChI is InChI=1S/C25H25ClFNO4/c1-15-5-6-16(14-22(15)32-4)20(29)11-12-25(2,30)23-10-9-21(31-3)24(28-23)17-7-8-19(27)18(26)13-17/h5-10,13-14,30H,11-12H2,1-4H3. The van der Waals surface area contributed by atoms with Crippen LogP contribution in [-0.2, 0) is 5.60 Å². The summed E-state index contributed by atoms with van der Waals surface area (Å²) in [6, 6.07) is 12.8. The molecule has 0 radical (unpaired) electrons. The molecule has 1 N–H and O–H groups in total. The Kier molecular flexibility index (Phi) is 7.16. The number of carbonyl (C=O) groups is 1.